The first-order chi connectivity index (χ1) is 12.6. The first-order valence-corrected chi connectivity index (χ1v) is 11.8. The van der Waals surface area contributed by atoms with Gasteiger partial charge in [-0.05, 0) is 12.3 Å². The predicted octanol–water partition coefficient (Wildman–Crippen LogP) is 7.05. The van der Waals surface area contributed by atoms with Crippen LogP contribution in [0.15, 0.2) is 0 Å². The molecule has 2 atom stereocenters. The molecule has 0 rings (SSSR count). The highest BCUT2D eigenvalue weighted by atomic mass is 16.4. The maximum atomic E-state index is 11.3. The minimum Gasteiger partial charge on any atom is -0.550 e. The number of carbonyl (C=O) groups is 1. The van der Waals surface area contributed by atoms with Gasteiger partial charge in [0, 0.05) is 11.9 Å². The SMILES string of the molecule is CCCCCCCCCCCCCCCCC(C)C(CCCC)C(=O)[O-]. The number of aliphatic carboxylic acids is 1. The fourth-order valence-electron chi connectivity index (χ4n) is 3.92. The molecule has 0 aromatic carbocycles. The zero-order valence-corrected chi connectivity index (χ0v) is 18.2. The van der Waals surface area contributed by atoms with Crippen molar-refractivity contribution in [1.82, 2.24) is 0 Å². The van der Waals surface area contributed by atoms with Crippen molar-refractivity contribution >= 4 is 5.97 Å². The van der Waals surface area contributed by atoms with E-state index in [-0.39, 0.29) is 11.8 Å². The molecular formula is C24H47O2-. The van der Waals surface area contributed by atoms with Gasteiger partial charge in [0.25, 0.3) is 0 Å². The van der Waals surface area contributed by atoms with E-state index in [0.29, 0.717) is 0 Å². The number of carboxylic acids is 1. The summed E-state index contributed by atoms with van der Waals surface area (Å²) in [7, 11) is 0. The molecule has 0 saturated carbocycles. The van der Waals surface area contributed by atoms with Crippen molar-refractivity contribution in [3.05, 3.63) is 0 Å². The molecule has 0 N–H and O–H groups in total. The number of unbranched alkanes of at least 4 members (excludes halogenated alkanes) is 14. The molecular weight excluding hydrogens is 320 g/mol. The van der Waals surface area contributed by atoms with Crippen LogP contribution in [0.2, 0.25) is 0 Å². The lowest BCUT2D eigenvalue weighted by molar-refractivity contribution is -0.313. The third-order valence-corrected chi connectivity index (χ3v) is 5.87. The molecule has 0 heterocycles. The van der Waals surface area contributed by atoms with Crippen LogP contribution in [0.4, 0.5) is 0 Å². The summed E-state index contributed by atoms with van der Waals surface area (Å²) >= 11 is 0. The van der Waals surface area contributed by atoms with Crippen molar-refractivity contribution in [2.24, 2.45) is 11.8 Å². The predicted molar refractivity (Wildman–Crippen MR) is 112 cm³/mol. The molecule has 0 aliphatic rings. The Bertz CT molecular complexity index is 301. The van der Waals surface area contributed by atoms with E-state index in [1.165, 1.54) is 89.9 Å². The topological polar surface area (TPSA) is 40.1 Å². The van der Waals surface area contributed by atoms with Gasteiger partial charge in [0.2, 0.25) is 0 Å². The average molecular weight is 368 g/mol. The van der Waals surface area contributed by atoms with Gasteiger partial charge in [-0.1, -0.05) is 130 Å². The molecule has 0 radical (unpaired) electrons. The molecule has 2 unspecified atom stereocenters. The zero-order valence-electron chi connectivity index (χ0n) is 18.2. The van der Waals surface area contributed by atoms with Gasteiger partial charge in [0.05, 0.1) is 0 Å². The molecule has 2 nitrogen and oxygen atoms in total. The first kappa shape index (κ1) is 25.5. The summed E-state index contributed by atoms with van der Waals surface area (Å²) < 4.78 is 0. The number of carbonyl (C=O) groups excluding carboxylic acids is 1. The van der Waals surface area contributed by atoms with E-state index in [1.54, 1.807) is 0 Å². The van der Waals surface area contributed by atoms with Gasteiger partial charge in [-0.25, -0.2) is 0 Å². The smallest absolute Gasteiger partial charge is 0.0447 e. The summed E-state index contributed by atoms with van der Waals surface area (Å²) in [4.78, 5) is 11.3. The van der Waals surface area contributed by atoms with Crippen LogP contribution in [0.5, 0.6) is 0 Å². The van der Waals surface area contributed by atoms with Crippen LogP contribution in [0.25, 0.3) is 0 Å². The fraction of sp³-hybridized carbons (Fsp3) is 0.958. The maximum absolute atomic E-state index is 11.3. The Hall–Kier alpha value is -0.530. The molecule has 156 valence electrons. The van der Waals surface area contributed by atoms with Crippen molar-refractivity contribution < 1.29 is 9.90 Å². The summed E-state index contributed by atoms with van der Waals surface area (Å²) in [5.74, 6) is -0.808. The summed E-state index contributed by atoms with van der Waals surface area (Å²) in [6.45, 7) is 6.49. The normalized spacial score (nSPS) is 13.7. The van der Waals surface area contributed by atoms with Crippen LogP contribution in [-0.4, -0.2) is 5.97 Å². The Morgan fingerprint density at radius 3 is 1.38 bits per heavy atom. The molecule has 26 heavy (non-hydrogen) atoms. The largest absolute Gasteiger partial charge is 0.550 e. The summed E-state index contributed by atoms with van der Waals surface area (Å²) in [5.41, 5.74) is 0. The van der Waals surface area contributed by atoms with Crippen LogP contribution in [0.1, 0.15) is 136 Å². The lowest BCUT2D eigenvalue weighted by atomic mass is 9.85. The van der Waals surface area contributed by atoms with E-state index < -0.39 is 5.97 Å². The van der Waals surface area contributed by atoms with E-state index >= 15 is 0 Å². The Morgan fingerprint density at radius 1 is 0.615 bits per heavy atom. The van der Waals surface area contributed by atoms with Crippen molar-refractivity contribution in [1.29, 1.82) is 0 Å². The van der Waals surface area contributed by atoms with Gasteiger partial charge in [-0.3, -0.25) is 0 Å². The maximum Gasteiger partial charge on any atom is 0.0447 e. The van der Waals surface area contributed by atoms with Crippen LogP contribution in [-0.2, 0) is 4.79 Å². The average Bonchev–Trinajstić information content (AvgIpc) is 2.62. The molecule has 0 fully saturated rings. The molecule has 0 aromatic heterocycles. The van der Waals surface area contributed by atoms with Crippen molar-refractivity contribution in [2.45, 2.75) is 136 Å². The van der Waals surface area contributed by atoms with E-state index in [4.69, 9.17) is 0 Å². The Morgan fingerprint density at radius 2 is 1.00 bits per heavy atom. The molecule has 0 bridgehead atoms. The summed E-state index contributed by atoms with van der Waals surface area (Å²) in [6.07, 6.45) is 23.1. The van der Waals surface area contributed by atoms with Crippen LogP contribution >= 0.6 is 0 Å². The second kappa shape index (κ2) is 19.2. The van der Waals surface area contributed by atoms with Crippen molar-refractivity contribution in [3.63, 3.8) is 0 Å². The van der Waals surface area contributed by atoms with Gasteiger partial charge >= 0.3 is 0 Å². The van der Waals surface area contributed by atoms with E-state index in [9.17, 15) is 9.90 Å². The molecule has 0 aliphatic carbocycles. The Kier molecular flexibility index (Phi) is 18.8. The Balaban J connectivity index is 3.40. The number of hydrogen-bond acceptors (Lipinski definition) is 2. The lowest BCUT2D eigenvalue weighted by Gasteiger charge is -2.24. The van der Waals surface area contributed by atoms with Gasteiger partial charge in [0.1, 0.15) is 0 Å². The van der Waals surface area contributed by atoms with E-state index in [2.05, 4.69) is 20.8 Å². The van der Waals surface area contributed by atoms with Crippen LogP contribution in [0, 0.1) is 11.8 Å². The standard InChI is InChI=1S/C24H48O2/c1-4-6-8-9-10-11-12-13-14-15-16-17-18-19-20-22(3)23(24(25)26)21-7-5-2/h22-23H,4-21H2,1-3H3,(H,25,26)/p-1. The highest BCUT2D eigenvalue weighted by Crippen LogP contribution is 2.24. The minimum absolute atomic E-state index is 0.239. The van der Waals surface area contributed by atoms with Crippen molar-refractivity contribution in [3.8, 4) is 0 Å². The molecule has 0 saturated heterocycles. The molecule has 2 heteroatoms. The van der Waals surface area contributed by atoms with E-state index in [1.807, 2.05) is 0 Å². The van der Waals surface area contributed by atoms with Crippen LogP contribution in [0.3, 0.4) is 0 Å². The second-order valence-corrected chi connectivity index (χ2v) is 8.43. The zero-order chi connectivity index (χ0) is 19.5. The fourth-order valence-corrected chi connectivity index (χ4v) is 3.92. The quantitative estimate of drug-likeness (QED) is 0.216. The number of carboxylic acid groups (broad SMARTS) is 1. The Labute approximate surface area is 164 Å². The van der Waals surface area contributed by atoms with Crippen molar-refractivity contribution in [2.75, 3.05) is 0 Å². The molecule has 0 amide bonds. The number of hydrogen-bond donors (Lipinski definition) is 0. The summed E-state index contributed by atoms with van der Waals surface area (Å²) in [6, 6.07) is 0. The minimum atomic E-state index is -0.837. The van der Waals surface area contributed by atoms with Gasteiger partial charge in [-0.2, -0.15) is 0 Å². The number of rotatable bonds is 20. The second-order valence-electron chi connectivity index (χ2n) is 8.43. The first-order valence-electron chi connectivity index (χ1n) is 11.8. The molecule has 0 aromatic rings. The monoisotopic (exact) mass is 367 g/mol. The molecule has 0 aliphatic heterocycles. The van der Waals surface area contributed by atoms with Gasteiger partial charge < -0.3 is 9.90 Å². The van der Waals surface area contributed by atoms with Gasteiger partial charge in [-0.15, -0.1) is 0 Å². The summed E-state index contributed by atoms with van der Waals surface area (Å²) in [5, 5.41) is 11.3. The molecule has 0 spiro atoms. The lowest BCUT2D eigenvalue weighted by Crippen LogP contribution is -2.35. The van der Waals surface area contributed by atoms with Gasteiger partial charge in [0.15, 0.2) is 0 Å². The highest BCUT2D eigenvalue weighted by Gasteiger charge is 2.17. The van der Waals surface area contributed by atoms with E-state index in [0.717, 1.165) is 25.7 Å². The van der Waals surface area contributed by atoms with Crippen LogP contribution < -0.4 is 5.11 Å². The highest BCUT2D eigenvalue weighted by molar-refractivity contribution is 5.67. The third-order valence-electron chi connectivity index (χ3n) is 5.87. The third kappa shape index (κ3) is 15.7.